The Kier molecular flexibility index (Phi) is 3.40. The van der Waals surface area contributed by atoms with Gasteiger partial charge in [0.15, 0.2) is 0 Å². The molecule has 0 heterocycles. The lowest BCUT2D eigenvalue weighted by Crippen LogP contribution is -2.46. The fourth-order valence-corrected chi connectivity index (χ4v) is 0.240. The zero-order valence-electron chi connectivity index (χ0n) is 8.21. The summed E-state index contributed by atoms with van der Waals surface area (Å²) in [6.45, 7) is 0. The Labute approximate surface area is 68.1 Å². The lowest BCUT2D eigenvalue weighted by atomic mass is 11.0. The fraction of sp³-hybridized carbons (Fsp3) is 1.00. The SMILES string of the molecule is C[N+](C)(C)ONO[N+](C)(C)C. The van der Waals surface area contributed by atoms with Gasteiger partial charge >= 0.3 is 0 Å². The van der Waals surface area contributed by atoms with E-state index in [9.17, 15) is 0 Å². The topological polar surface area (TPSA) is 30.5 Å². The van der Waals surface area contributed by atoms with Crippen LogP contribution in [0.1, 0.15) is 0 Å². The van der Waals surface area contributed by atoms with E-state index in [2.05, 4.69) is 5.64 Å². The van der Waals surface area contributed by atoms with Crippen molar-refractivity contribution in [3.05, 3.63) is 0 Å². The fourth-order valence-electron chi connectivity index (χ4n) is 0.240. The molecule has 0 rings (SSSR count). The van der Waals surface area contributed by atoms with Crippen molar-refractivity contribution in [1.82, 2.24) is 5.64 Å². The van der Waals surface area contributed by atoms with E-state index in [1.165, 1.54) is 0 Å². The van der Waals surface area contributed by atoms with Gasteiger partial charge < -0.3 is 0 Å². The molecule has 0 aromatic heterocycles. The predicted octanol–water partition coefficient (Wildman–Crippen LogP) is -0.318. The van der Waals surface area contributed by atoms with E-state index < -0.39 is 0 Å². The van der Waals surface area contributed by atoms with Gasteiger partial charge in [0.2, 0.25) is 0 Å². The van der Waals surface area contributed by atoms with Gasteiger partial charge in [0.1, 0.15) is 42.3 Å². The van der Waals surface area contributed by atoms with E-state index in [1.54, 1.807) is 0 Å². The molecule has 0 radical (unpaired) electrons. The van der Waals surface area contributed by atoms with Crippen molar-refractivity contribution in [1.29, 1.82) is 0 Å². The van der Waals surface area contributed by atoms with Crippen LogP contribution in [-0.2, 0) is 9.88 Å². The Morgan fingerprint density at radius 3 is 1.18 bits per heavy atom. The normalized spacial score (nSPS) is 13.6. The van der Waals surface area contributed by atoms with Gasteiger partial charge in [-0.05, 0) is 0 Å². The van der Waals surface area contributed by atoms with Crippen LogP contribution in [0, 0.1) is 0 Å². The molecule has 0 aliphatic carbocycles. The second-order valence-corrected chi connectivity index (χ2v) is 4.04. The summed E-state index contributed by atoms with van der Waals surface area (Å²) >= 11 is 0. The molecule has 0 saturated heterocycles. The van der Waals surface area contributed by atoms with Gasteiger partial charge in [0.05, 0.1) is 0 Å². The zero-order valence-corrected chi connectivity index (χ0v) is 8.21. The number of hydrogen-bond acceptors (Lipinski definition) is 3. The third kappa shape index (κ3) is 9.80. The number of hydroxylamine groups is 6. The molecule has 0 aliphatic heterocycles. The minimum Gasteiger partial charge on any atom is -0.164 e. The first-order chi connectivity index (χ1) is 4.71. The van der Waals surface area contributed by atoms with Crippen molar-refractivity contribution in [3.8, 4) is 0 Å². The summed E-state index contributed by atoms with van der Waals surface area (Å²) in [5.74, 6) is 0. The van der Waals surface area contributed by atoms with E-state index >= 15 is 0 Å². The van der Waals surface area contributed by atoms with Crippen molar-refractivity contribution in [2.24, 2.45) is 0 Å². The molecule has 0 saturated carbocycles. The van der Waals surface area contributed by atoms with Crippen LogP contribution >= 0.6 is 0 Å². The minimum atomic E-state index is 0.347. The lowest BCUT2D eigenvalue weighted by molar-refractivity contribution is -1.13. The third-order valence-corrected chi connectivity index (χ3v) is 0.622. The van der Waals surface area contributed by atoms with Crippen LogP contribution in [0.25, 0.3) is 0 Å². The second kappa shape index (κ2) is 3.46. The maximum Gasteiger partial charge on any atom is 0.100 e. The lowest BCUT2D eigenvalue weighted by Gasteiger charge is -2.23. The minimum absolute atomic E-state index is 0.347. The molecule has 0 aromatic rings. The van der Waals surface area contributed by atoms with Crippen molar-refractivity contribution in [2.45, 2.75) is 0 Å². The summed E-state index contributed by atoms with van der Waals surface area (Å²) in [7, 11) is 11.3. The van der Waals surface area contributed by atoms with Crippen LogP contribution in [0.3, 0.4) is 0 Å². The van der Waals surface area contributed by atoms with E-state index in [4.69, 9.17) is 9.88 Å². The summed E-state index contributed by atoms with van der Waals surface area (Å²) in [5.41, 5.74) is 2.41. The molecule has 11 heavy (non-hydrogen) atoms. The van der Waals surface area contributed by atoms with Crippen molar-refractivity contribution in [3.63, 3.8) is 0 Å². The van der Waals surface area contributed by atoms with Crippen molar-refractivity contribution < 1.29 is 19.2 Å². The van der Waals surface area contributed by atoms with E-state index in [1.807, 2.05) is 42.3 Å². The van der Waals surface area contributed by atoms with Crippen molar-refractivity contribution in [2.75, 3.05) is 42.3 Å². The molecule has 0 fully saturated rings. The highest BCUT2D eigenvalue weighted by Crippen LogP contribution is 1.91. The number of rotatable bonds is 4. The smallest absolute Gasteiger partial charge is 0.100 e. The molecule has 5 nitrogen and oxygen atoms in total. The zero-order chi connectivity index (χ0) is 9.12. The maximum absolute atomic E-state index is 5.06. The van der Waals surface area contributed by atoms with Crippen LogP contribution in [0.5, 0.6) is 0 Å². The highest BCUT2D eigenvalue weighted by atomic mass is 17.1. The Hall–Kier alpha value is -0.200. The summed E-state index contributed by atoms with van der Waals surface area (Å²) in [5, 5.41) is 0. The standard InChI is InChI=1S/C6H19N3O2/c1-8(2,3)10-7-11-9(4,5)6/h7H,1-6H3/q+2. The summed E-state index contributed by atoms with van der Waals surface area (Å²) in [4.78, 5) is 10.1. The predicted molar refractivity (Wildman–Crippen MR) is 41.4 cm³/mol. The van der Waals surface area contributed by atoms with Crippen molar-refractivity contribution >= 4 is 0 Å². The molecule has 0 bridgehead atoms. The van der Waals surface area contributed by atoms with Crippen LogP contribution in [-0.4, -0.2) is 51.6 Å². The maximum atomic E-state index is 5.06. The monoisotopic (exact) mass is 165 g/mol. The summed E-state index contributed by atoms with van der Waals surface area (Å²) in [6, 6.07) is 0. The number of nitrogens with one attached hydrogen (secondary N) is 1. The quantitative estimate of drug-likeness (QED) is 0.457. The first-order valence-electron chi connectivity index (χ1n) is 3.46. The molecule has 0 unspecified atom stereocenters. The van der Waals surface area contributed by atoms with E-state index in [-0.39, 0.29) is 0 Å². The van der Waals surface area contributed by atoms with Gasteiger partial charge in [0.25, 0.3) is 0 Å². The molecule has 68 valence electrons. The highest BCUT2D eigenvalue weighted by molar-refractivity contribution is 3.81. The highest BCUT2D eigenvalue weighted by Gasteiger charge is 2.13. The van der Waals surface area contributed by atoms with Gasteiger partial charge in [-0.3, -0.25) is 0 Å². The van der Waals surface area contributed by atoms with Gasteiger partial charge in [-0.2, -0.15) is 9.29 Å². The Morgan fingerprint density at radius 2 is 1.00 bits per heavy atom. The molecule has 0 spiro atoms. The molecule has 0 aromatic carbocycles. The number of nitrogens with zero attached hydrogens (tertiary/aromatic N) is 2. The first-order valence-corrected chi connectivity index (χ1v) is 3.46. The van der Waals surface area contributed by atoms with Gasteiger partial charge in [0, 0.05) is 5.64 Å². The Morgan fingerprint density at radius 1 is 0.727 bits per heavy atom. The van der Waals surface area contributed by atoms with E-state index in [0.29, 0.717) is 9.29 Å². The van der Waals surface area contributed by atoms with E-state index in [0.717, 1.165) is 0 Å². The number of quaternary nitrogens is 2. The van der Waals surface area contributed by atoms with Crippen LogP contribution in [0.4, 0.5) is 0 Å². The van der Waals surface area contributed by atoms with Gasteiger partial charge in [-0.1, -0.05) is 9.88 Å². The molecule has 0 amide bonds. The second-order valence-electron chi connectivity index (χ2n) is 4.04. The summed E-state index contributed by atoms with van der Waals surface area (Å²) in [6.07, 6.45) is 0. The molecule has 5 heteroatoms. The molecule has 0 atom stereocenters. The largest absolute Gasteiger partial charge is 0.164 e. The van der Waals surface area contributed by atoms with Crippen LogP contribution in [0.2, 0.25) is 0 Å². The first kappa shape index (κ1) is 10.8. The number of hydrogen-bond donors (Lipinski definition) is 1. The van der Waals surface area contributed by atoms with Gasteiger partial charge in [-0.25, -0.2) is 0 Å². The molecule has 0 aliphatic rings. The third-order valence-electron chi connectivity index (χ3n) is 0.622. The molecular formula is C6H19N3O2+2. The average molecular weight is 165 g/mol. The Bertz CT molecular complexity index is 100.0. The van der Waals surface area contributed by atoms with Gasteiger partial charge in [-0.15, -0.1) is 0 Å². The Balaban J connectivity index is 3.44. The van der Waals surface area contributed by atoms with Crippen LogP contribution in [0.15, 0.2) is 0 Å². The summed E-state index contributed by atoms with van der Waals surface area (Å²) < 4.78 is 0.694. The average Bonchev–Trinajstić information content (AvgIpc) is 1.55. The molecule has 1 N–H and O–H groups in total. The molecular weight excluding hydrogens is 146 g/mol. The van der Waals surface area contributed by atoms with Crippen LogP contribution < -0.4 is 5.64 Å².